The van der Waals surface area contributed by atoms with Crippen LogP contribution in [0.3, 0.4) is 0 Å². The topological polar surface area (TPSA) is 87.3 Å². The Balaban J connectivity index is 1.47. The fraction of sp³-hybridized carbons (Fsp3) is 0.529. The Morgan fingerprint density at radius 3 is 3.00 bits per heavy atom. The molecular formula is C17H21N3O4. The smallest absolute Gasteiger partial charge is 0.306 e. The molecule has 0 radical (unpaired) electrons. The van der Waals surface area contributed by atoms with Crippen LogP contribution in [0.1, 0.15) is 38.0 Å². The van der Waals surface area contributed by atoms with Crippen molar-refractivity contribution in [3.8, 4) is 11.5 Å². The zero-order valence-corrected chi connectivity index (χ0v) is 13.7. The Kier molecular flexibility index (Phi) is 5.53. The van der Waals surface area contributed by atoms with Crippen molar-refractivity contribution in [2.24, 2.45) is 0 Å². The van der Waals surface area contributed by atoms with Crippen molar-refractivity contribution in [2.75, 3.05) is 7.11 Å². The number of aromatic nitrogens is 3. The van der Waals surface area contributed by atoms with Crippen LogP contribution in [0.15, 0.2) is 28.9 Å². The second kappa shape index (κ2) is 8.01. The van der Waals surface area contributed by atoms with Gasteiger partial charge in [-0.3, -0.25) is 9.78 Å². The van der Waals surface area contributed by atoms with Crippen molar-refractivity contribution in [3.63, 3.8) is 0 Å². The van der Waals surface area contributed by atoms with Crippen molar-refractivity contribution < 1.29 is 18.8 Å². The second-order valence-electron chi connectivity index (χ2n) is 5.86. The molecule has 0 N–H and O–H groups in total. The molecule has 1 aliphatic carbocycles. The Hall–Kier alpha value is -2.28. The van der Waals surface area contributed by atoms with Crippen LogP contribution in [0.2, 0.25) is 0 Å². The van der Waals surface area contributed by atoms with Gasteiger partial charge in [0.05, 0.1) is 12.5 Å². The van der Waals surface area contributed by atoms with E-state index in [-0.39, 0.29) is 24.6 Å². The Morgan fingerprint density at radius 1 is 1.33 bits per heavy atom. The summed E-state index contributed by atoms with van der Waals surface area (Å²) in [4.78, 5) is 20.4. The van der Waals surface area contributed by atoms with E-state index in [4.69, 9.17) is 14.0 Å². The van der Waals surface area contributed by atoms with E-state index in [1.165, 1.54) is 0 Å². The average Bonchev–Trinajstić information content (AvgIpc) is 3.10. The zero-order chi connectivity index (χ0) is 16.8. The largest absolute Gasteiger partial charge is 0.462 e. The van der Waals surface area contributed by atoms with Crippen LogP contribution >= 0.6 is 0 Å². The first-order chi connectivity index (χ1) is 11.7. The molecule has 2 unspecified atom stereocenters. The molecule has 0 aliphatic heterocycles. The normalized spacial score (nSPS) is 20.7. The summed E-state index contributed by atoms with van der Waals surface area (Å²) < 4.78 is 16.0. The summed E-state index contributed by atoms with van der Waals surface area (Å²) in [7, 11) is 1.70. The number of hydrogen-bond donors (Lipinski definition) is 0. The number of pyridine rings is 1. The summed E-state index contributed by atoms with van der Waals surface area (Å²) in [6.07, 6.45) is 6.10. The molecule has 24 heavy (non-hydrogen) atoms. The zero-order valence-electron chi connectivity index (χ0n) is 13.7. The van der Waals surface area contributed by atoms with Gasteiger partial charge in [0.15, 0.2) is 0 Å². The van der Waals surface area contributed by atoms with Gasteiger partial charge in [0.1, 0.15) is 11.8 Å². The highest BCUT2D eigenvalue weighted by Crippen LogP contribution is 2.23. The number of carbonyl (C=O) groups is 1. The van der Waals surface area contributed by atoms with E-state index in [1.807, 2.05) is 12.1 Å². The van der Waals surface area contributed by atoms with Gasteiger partial charge in [0.25, 0.3) is 0 Å². The molecule has 2 aromatic rings. The average molecular weight is 331 g/mol. The van der Waals surface area contributed by atoms with E-state index in [2.05, 4.69) is 15.1 Å². The maximum Gasteiger partial charge on any atom is 0.306 e. The minimum Gasteiger partial charge on any atom is -0.462 e. The van der Waals surface area contributed by atoms with E-state index < -0.39 is 0 Å². The molecule has 1 aliphatic rings. The first-order valence-corrected chi connectivity index (χ1v) is 8.21. The van der Waals surface area contributed by atoms with Gasteiger partial charge in [0, 0.05) is 26.1 Å². The summed E-state index contributed by atoms with van der Waals surface area (Å²) >= 11 is 0. The second-order valence-corrected chi connectivity index (χ2v) is 5.86. The number of aryl methyl sites for hydroxylation is 1. The molecule has 0 aromatic carbocycles. The molecule has 128 valence electrons. The number of esters is 1. The molecule has 0 bridgehead atoms. The number of hydrogen-bond acceptors (Lipinski definition) is 7. The van der Waals surface area contributed by atoms with Crippen molar-refractivity contribution in [2.45, 2.75) is 50.7 Å². The monoisotopic (exact) mass is 331 g/mol. The Labute approximate surface area is 140 Å². The van der Waals surface area contributed by atoms with E-state index in [0.29, 0.717) is 23.8 Å². The molecule has 2 atom stereocenters. The SMILES string of the molecule is COC1CCCC(OC(=O)CCc2nc(-c3ccccn3)no2)C1. The molecule has 1 fully saturated rings. The van der Waals surface area contributed by atoms with Crippen LogP contribution in [-0.4, -0.2) is 40.4 Å². The first kappa shape index (κ1) is 16.6. The maximum atomic E-state index is 12.0. The van der Waals surface area contributed by atoms with Crippen molar-refractivity contribution in [1.29, 1.82) is 0 Å². The predicted molar refractivity (Wildman–Crippen MR) is 85.0 cm³/mol. The standard InChI is InChI=1S/C17H21N3O4/c1-22-12-5-4-6-13(11-12)23-16(21)9-8-15-19-17(20-24-15)14-7-2-3-10-18-14/h2-3,7,10,12-13H,4-6,8-9,11H2,1H3. The highest BCUT2D eigenvalue weighted by atomic mass is 16.5. The van der Waals surface area contributed by atoms with Crippen molar-refractivity contribution >= 4 is 5.97 Å². The van der Waals surface area contributed by atoms with Gasteiger partial charge >= 0.3 is 5.97 Å². The van der Waals surface area contributed by atoms with Crippen LogP contribution in [-0.2, 0) is 20.7 Å². The predicted octanol–water partition coefficient (Wildman–Crippen LogP) is 2.57. The van der Waals surface area contributed by atoms with Gasteiger partial charge in [-0.25, -0.2) is 0 Å². The summed E-state index contributed by atoms with van der Waals surface area (Å²) in [5, 5.41) is 3.88. The minimum atomic E-state index is -0.241. The third-order valence-electron chi connectivity index (χ3n) is 4.11. The summed E-state index contributed by atoms with van der Waals surface area (Å²) in [6.45, 7) is 0. The van der Waals surface area contributed by atoms with Crippen LogP contribution in [0.25, 0.3) is 11.5 Å². The number of nitrogens with zero attached hydrogens (tertiary/aromatic N) is 3. The maximum absolute atomic E-state index is 12.0. The van der Waals surface area contributed by atoms with E-state index in [9.17, 15) is 4.79 Å². The molecule has 0 amide bonds. The van der Waals surface area contributed by atoms with E-state index in [0.717, 1.165) is 25.7 Å². The highest BCUT2D eigenvalue weighted by molar-refractivity contribution is 5.69. The van der Waals surface area contributed by atoms with Gasteiger partial charge in [-0.1, -0.05) is 11.2 Å². The Bertz CT molecular complexity index is 659. The molecule has 1 saturated carbocycles. The minimum absolute atomic E-state index is 0.0528. The molecule has 7 heteroatoms. The lowest BCUT2D eigenvalue weighted by Gasteiger charge is -2.27. The number of ether oxygens (including phenoxy) is 2. The number of methoxy groups -OCH3 is 1. The van der Waals surface area contributed by atoms with Crippen LogP contribution in [0, 0.1) is 0 Å². The fourth-order valence-corrected chi connectivity index (χ4v) is 2.83. The third kappa shape index (κ3) is 4.38. The first-order valence-electron chi connectivity index (χ1n) is 8.21. The molecule has 2 heterocycles. The molecular weight excluding hydrogens is 310 g/mol. The van der Waals surface area contributed by atoms with Gasteiger partial charge in [-0.15, -0.1) is 0 Å². The highest BCUT2D eigenvalue weighted by Gasteiger charge is 2.24. The fourth-order valence-electron chi connectivity index (χ4n) is 2.83. The molecule has 3 rings (SSSR count). The number of rotatable bonds is 6. The molecule has 0 saturated heterocycles. The lowest BCUT2D eigenvalue weighted by molar-refractivity contribution is -0.152. The van der Waals surface area contributed by atoms with E-state index in [1.54, 1.807) is 19.4 Å². The van der Waals surface area contributed by atoms with Crippen LogP contribution < -0.4 is 0 Å². The number of carbonyl (C=O) groups excluding carboxylic acids is 1. The quantitative estimate of drug-likeness (QED) is 0.752. The molecule has 7 nitrogen and oxygen atoms in total. The van der Waals surface area contributed by atoms with Crippen LogP contribution in [0.4, 0.5) is 0 Å². The van der Waals surface area contributed by atoms with Gasteiger partial charge in [-0.05, 0) is 31.4 Å². The van der Waals surface area contributed by atoms with Crippen LogP contribution in [0.5, 0.6) is 0 Å². The third-order valence-corrected chi connectivity index (χ3v) is 4.11. The van der Waals surface area contributed by atoms with Gasteiger partial charge < -0.3 is 14.0 Å². The van der Waals surface area contributed by atoms with Gasteiger partial charge in [0.2, 0.25) is 11.7 Å². The lowest BCUT2D eigenvalue weighted by atomic mass is 9.95. The molecule has 2 aromatic heterocycles. The molecule has 0 spiro atoms. The van der Waals surface area contributed by atoms with Crippen molar-refractivity contribution in [3.05, 3.63) is 30.3 Å². The Morgan fingerprint density at radius 2 is 2.21 bits per heavy atom. The summed E-state index contributed by atoms with van der Waals surface area (Å²) in [5.74, 6) is 0.592. The summed E-state index contributed by atoms with van der Waals surface area (Å²) in [5.41, 5.74) is 0.642. The van der Waals surface area contributed by atoms with E-state index >= 15 is 0 Å². The lowest BCUT2D eigenvalue weighted by Crippen LogP contribution is -2.29. The summed E-state index contributed by atoms with van der Waals surface area (Å²) in [6, 6.07) is 5.48. The van der Waals surface area contributed by atoms with Gasteiger partial charge in [-0.2, -0.15) is 4.98 Å². The van der Waals surface area contributed by atoms with Crippen molar-refractivity contribution in [1.82, 2.24) is 15.1 Å².